The van der Waals surface area contributed by atoms with Crippen molar-refractivity contribution in [3.8, 4) is 11.3 Å². The second-order valence-electron chi connectivity index (χ2n) is 4.71. The van der Waals surface area contributed by atoms with Gasteiger partial charge < -0.3 is 9.63 Å². The number of rotatable bonds is 4. The average Bonchev–Trinajstić information content (AvgIpc) is 2.72. The largest absolute Gasteiger partial charge is 0.477 e. The van der Waals surface area contributed by atoms with Crippen LogP contribution in [0.5, 0.6) is 0 Å². The molecule has 0 amide bonds. The number of benzene rings is 1. The fourth-order valence-corrected chi connectivity index (χ4v) is 1.89. The zero-order valence-electron chi connectivity index (χ0n) is 10.7. The summed E-state index contributed by atoms with van der Waals surface area (Å²) in [5.41, 5.74) is 0.124. The standard InChI is InChI=1S/C14H14FNO3/c1-8(2)7-11-12(14(17)18)13(16-19-11)9-5-3-4-6-10(9)15/h3-6,8H,7H2,1-2H3,(H,17,18). The van der Waals surface area contributed by atoms with Crippen molar-refractivity contribution in [1.82, 2.24) is 5.16 Å². The van der Waals surface area contributed by atoms with Crippen molar-refractivity contribution < 1.29 is 18.8 Å². The molecular formula is C14H14FNO3. The van der Waals surface area contributed by atoms with E-state index in [1.807, 2.05) is 13.8 Å². The van der Waals surface area contributed by atoms with Gasteiger partial charge in [0.15, 0.2) is 5.76 Å². The van der Waals surface area contributed by atoms with Crippen molar-refractivity contribution in [2.24, 2.45) is 5.92 Å². The second-order valence-corrected chi connectivity index (χ2v) is 4.71. The highest BCUT2D eigenvalue weighted by molar-refractivity contribution is 5.95. The molecule has 2 aromatic rings. The van der Waals surface area contributed by atoms with Crippen LogP contribution in [0.25, 0.3) is 11.3 Å². The highest BCUT2D eigenvalue weighted by Crippen LogP contribution is 2.28. The number of carboxylic acids is 1. The van der Waals surface area contributed by atoms with E-state index in [1.54, 1.807) is 6.07 Å². The van der Waals surface area contributed by atoms with Crippen molar-refractivity contribution in [1.29, 1.82) is 0 Å². The van der Waals surface area contributed by atoms with Crippen LogP contribution in [-0.4, -0.2) is 16.2 Å². The highest BCUT2D eigenvalue weighted by atomic mass is 19.1. The van der Waals surface area contributed by atoms with E-state index in [-0.39, 0.29) is 28.5 Å². The number of carboxylic acid groups (broad SMARTS) is 1. The van der Waals surface area contributed by atoms with Crippen LogP contribution in [0.2, 0.25) is 0 Å². The monoisotopic (exact) mass is 263 g/mol. The Morgan fingerprint density at radius 3 is 2.68 bits per heavy atom. The molecular weight excluding hydrogens is 249 g/mol. The van der Waals surface area contributed by atoms with Gasteiger partial charge in [0.1, 0.15) is 17.1 Å². The predicted octanol–water partition coefficient (Wildman–Crippen LogP) is 3.38. The predicted molar refractivity (Wildman–Crippen MR) is 67.4 cm³/mol. The fraction of sp³-hybridized carbons (Fsp3) is 0.286. The van der Waals surface area contributed by atoms with Gasteiger partial charge in [-0.25, -0.2) is 9.18 Å². The van der Waals surface area contributed by atoms with E-state index >= 15 is 0 Å². The Morgan fingerprint density at radius 1 is 1.42 bits per heavy atom. The van der Waals surface area contributed by atoms with Crippen LogP contribution in [0, 0.1) is 11.7 Å². The summed E-state index contributed by atoms with van der Waals surface area (Å²) in [5.74, 6) is -1.18. The van der Waals surface area contributed by atoms with Gasteiger partial charge in [-0.3, -0.25) is 0 Å². The summed E-state index contributed by atoms with van der Waals surface area (Å²) < 4.78 is 18.8. The van der Waals surface area contributed by atoms with E-state index in [4.69, 9.17) is 4.52 Å². The highest BCUT2D eigenvalue weighted by Gasteiger charge is 2.25. The van der Waals surface area contributed by atoms with Gasteiger partial charge in [-0.2, -0.15) is 0 Å². The maximum absolute atomic E-state index is 13.7. The molecule has 0 aliphatic carbocycles. The van der Waals surface area contributed by atoms with Gasteiger partial charge >= 0.3 is 5.97 Å². The summed E-state index contributed by atoms with van der Waals surface area (Å²) in [4.78, 5) is 11.3. The molecule has 0 aliphatic heterocycles. The maximum Gasteiger partial charge on any atom is 0.341 e. The number of aromatic nitrogens is 1. The minimum absolute atomic E-state index is 0.0428. The smallest absolute Gasteiger partial charge is 0.341 e. The fourth-order valence-electron chi connectivity index (χ4n) is 1.89. The molecule has 2 rings (SSSR count). The van der Waals surface area contributed by atoms with Crippen molar-refractivity contribution in [2.45, 2.75) is 20.3 Å². The molecule has 19 heavy (non-hydrogen) atoms. The molecule has 5 heteroatoms. The summed E-state index contributed by atoms with van der Waals surface area (Å²) in [7, 11) is 0. The molecule has 1 N–H and O–H groups in total. The molecule has 0 fully saturated rings. The lowest BCUT2D eigenvalue weighted by molar-refractivity contribution is 0.0695. The lowest BCUT2D eigenvalue weighted by Gasteiger charge is -2.02. The molecule has 0 unspecified atom stereocenters. The van der Waals surface area contributed by atoms with E-state index in [0.717, 1.165) is 0 Å². The summed E-state index contributed by atoms with van der Waals surface area (Å²) in [6.07, 6.45) is 0.448. The zero-order valence-corrected chi connectivity index (χ0v) is 10.7. The number of hydrogen-bond acceptors (Lipinski definition) is 3. The van der Waals surface area contributed by atoms with E-state index < -0.39 is 11.8 Å². The van der Waals surface area contributed by atoms with E-state index in [0.29, 0.717) is 6.42 Å². The first-order valence-corrected chi connectivity index (χ1v) is 5.97. The molecule has 100 valence electrons. The van der Waals surface area contributed by atoms with Gasteiger partial charge in [-0.1, -0.05) is 31.1 Å². The molecule has 1 heterocycles. The first-order valence-electron chi connectivity index (χ1n) is 5.97. The van der Waals surface area contributed by atoms with Gasteiger partial charge in [0.05, 0.1) is 0 Å². The topological polar surface area (TPSA) is 63.3 Å². The number of hydrogen-bond donors (Lipinski definition) is 1. The SMILES string of the molecule is CC(C)Cc1onc(-c2ccccc2F)c1C(=O)O. The third-order valence-corrected chi connectivity index (χ3v) is 2.70. The molecule has 0 saturated carbocycles. The van der Waals surface area contributed by atoms with Gasteiger partial charge in [0.2, 0.25) is 0 Å². The lowest BCUT2D eigenvalue weighted by Crippen LogP contribution is -2.04. The van der Waals surface area contributed by atoms with Crippen LogP contribution in [0.3, 0.4) is 0 Å². The third-order valence-electron chi connectivity index (χ3n) is 2.70. The number of halogens is 1. The van der Waals surface area contributed by atoms with Crippen molar-refractivity contribution in [3.05, 3.63) is 41.4 Å². The first kappa shape index (κ1) is 13.3. The molecule has 1 aromatic heterocycles. The van der Waals surface area contributed by atoms with Crippen LogP contribution >= 0.6 is 0 Å². The molecule has 0 bridgehead atoms. The van der Waals surface area contributed by atoms with Gasteiger partial charge in [0, 0.05) is 12.0 Å². The Balaban J connectivity index is 2.56. The van der Waals surface area contributed by atoms with Crippen molar-refractivity contribution in [3.63, 3.8) is 0 Å². The molecule has 0 atom stereocenters. The molecule has 0 saturated heterocycles. The Kier molecular flexibility index (Phi) is 3.64. The number of carbonyl (C=O) groups is 1. The maximum atomic E-state index is 13.7. The minimum Gasteiger partial charge on any atom is -0.477 e. The summed E-state index contributed by atoms with van der Waals surface area (Å²) in [6.45, 7) is 3.88. The third kappa shape index (κ3) is 2.65. The molecule has 4 nitrogen and oxygen atoms in total. The van der Waals surface area contributed by atoms with Gasteiger partial charge in [-0.05, 0) is 18.1 Å². The van der Waals surface area contributed by atoms with Crippen LogP contribution < -0.4 is 0 Å². The number of nitrogens with zero attached hydrogens (tertiary/aromatic N) is 1. The summed E-state index contributed by atoms with van der Waals surface area (Å²) in [5, 5.41) is 13.0. The van der Waals surface area contributed by atoms with E-state index in [9.17, 15) is 14.3 Å². The number of aromatic carboxylic acids is 1. The quantitative estimate of drug-likeness (QED) is 0.918. The molecule has 0 radical (unpaired) electrons. The van der Waals surface area contributed by atoms with Crippen molar-refractivity contribution >= 4 is 5.97 Å². The van der Waals surface area contributed by atoms with E-state index in [2.05, 4.69) is 5.16 Å². The van der Waals surface area contributed by atoms with Crippen molar-refractivity contribution in [2.75, 3.05) is 0 Å². The van der Waals surface area contributed by atoms with E-state index in [1.165, 1.54) is 18.2 Å². The molecule has 1 aromatic carbocycles. The second kappa shape index (κ2) is 5.22. The molecule has 0 spiro atoms. The van der Waals surface area contributed by atoms with Crippen LogP contribution in [-0.2, 0) is 6.42 Å². The minimum atomic E-state index is -1.16. The summed E-state index contributed by atoms with van der Waals surface area (Å²) >= 11 is 0. The Morgan fingerprint density at radius 2 is 2.11 bits per heavy atom. The van der Waals surface area contributed by atoms with Crippen LogP contribution in [0.4, 0.5) is 4.39 Å². The van der Waals surface area contributed by atoms with Gasteiger partial charge in [-0.15, -0.1) is 0 Å². The van der Waals surface area contributed by atoms with Crippen LogP contribution in [0.1, 0.15) is 30.0 Å². The Labute approximate surface area is 109 Å². The normalized spacial score (nSPS) is 10.9. The lowest BCUT2D eigenvalue weighted by atomic mass is 10.0. The Bertz CT molecular complexity index is 604. The Hall–Kier alpha value is -2.17. The van der Waals surface area contributed by atoms with Crippen LogP contribution in [0.15, 0.2) is 28.8 Å². The first-order chi connectivity index (χ1) is 9.00. The zero-order chi connectivity index (χ0) is 14.0. The molecule has 0 aliphatic rings. The van der Waals surface area contributed by atoms with Gasteiger partial charge in [0.25, 0.3) is 0 Å². The summed E-state index contributed by atoms with van der Waals surface area (Å²) in [6, 6.07) is 5.91. The average molecular weight is 263 g/mol.